The largest absolute Gasteiger partial charge is 0.307 e. The lowest BCUT2D eigenvalue weighted by Crippen LogP contribution is -2.30. The Labute approximate surface area is 120 Å². The lowest BCUT2D eigenvalue weighted by molar-refractivity contribution is 0.0952. The van der Waals surface area contributed by atoms with Gasteiger partial charge in [0.15, 0.2) is 15.6 Å². The van der Waals surface area contributed by atoms with E-state index in [0.717, 1.165) is 19.4 Å². The molecule has 1 aromatic carbocycles. The van der Waals surface area contributed by atoms with E-state index in [1.54, 1.807) is 24.3 Å². The van der Waals surface area contributed by atoms with E-state index in [-0.39, 0.29) is 23.5 Å². The number of sulfone groups is 1. The van der Waals surface area contributed by atoms with Gasteiger partial charge in [0.25, 0.3) is 0 Å². The van der Waals surface area contributed by atoms with E-state index in [0.29, 0.717) is 10.5 Å². The van der Waals surface area contributed by atoms with Crippen LogP contribution in [0.3, 0.4) is 0 Å². The van der Waals surface area contributed by atoms with Gasteiger partial charge in [0.1, 0.15) is 0 Å². The zero-order valence-electron chi connectivity index (χ0n) is 11.9. The fourth-order valence-corrected chi connectivity index (χ4v) is 4.09. The molecule has 0 saturated carbocycles. The summed E-state index contributed by atoms with van der Waals surface area (Å²) in [6.07, 6.45) is 1.86. The Hall–Kier alpha value is -1.20. The second kappa shape index (κ2) is 6.06. The molecule has 1 aliphatic rings. The fraction of sp³-hybridized carbons (Fsp3) is 0.533. The molecule has 0 spiro atoms. The number of hydrogen-bond donors (Lipinski definition) is 1. The van der Waals surface area contributed by atoms with Gasteiger partial charge in [-0.3, -0.25) is 4.79 Å². The second-order valence-corrected chi connectivity index (χ2v) is 7.75. The minimum absolute atomic E-state index is 0.0512. The predicted octanol–water partition coefficient (Wildman–Crippen LogP) is 2.05. The second-order valence-electron chi connectivity index (χ2n) is 5.71. The summed E-state index contributed by atoms with van der Waals surface area (Å²) in [5, 5.41) is 3.16. The molecule has 1 heterocycles. The van der Waals surface area contributed by atoms with Crippen molar-refractivity contribution in [2.75, 3.05) is 12.3 Å². The first kappa shape index (κ1) is 15.2. The highest BCUT2D eigenvalue weighted by molar-refractivity contribution is 7.91. The number of benzene rings is 1. The molecule has 1 aromatic rings. The molecular formula is C15H21NO3S. The molecular weight excluding hydrogens is 274 g/mol. The van der Waals surface area contributed by atoms with Crippen molar-refractivity contribution in [3.63, 3.8) is 0 Å². The molecule has 1 N–H and O–H groups in total. The third kappa shape index (κ3) is 3.46. The molecule has 1 saturated heterocycles. The van der Waals surface area contributed by atoms with Gasteiger partial charge in [-0.15, -0.1) is 0 Å². The molecule has 1 unspecified atom stereocenters. The standard InChI is InChI=1S/C15H21NO3S/c1-11(2)10-20(18,19)13-7-5-12(6-8-13)15(17)14-4-3-9-16-14/h5-8,11,14,16H,3-4,9-10H2,1-2H3. The third-order valence-electron chi connectivity index (χ3n) is 3.43. The van der Waals surface area contributed by atoms with Crippen LogP contribution >= 0.6 is 0 Å². The summed E-state index contributed by atoms with van der Waals surface area (Å²) in [7, 11) is -3.25. The molecule has 20 heavy (non-hydrogen) atoms. The van der Waals surface area contributed by atoms with Crippen molar-refractivity contribution in [1.29, 1.82) is 0 Å². The van der Waals surface area contributed by atoms with Crippen LogP contribution in [0.15, 0.2) is 29.2 Å². The average molecular weight is 295 g/mol. The van der Waals surface area contributed by atoms with E-state index in [1.807, 2.05) is 13.8 Å². The molecule has 2 rings (SSSR count). The Morgan fingerprint density at radius 2 is 1.95 bits per heavy atom. The van der Waals surface area contributed by atoms with E-state index in [9.17, 15) is 13.2 Å². The van der Waals surface area contributed by atoms with Crippen LogP contribution in [0.25, 0.3) is 0 Å². The van der Waals surface area contributed by atoms with Gasteiger partial charge < -0.3 is 5.32 Å². The van der Waals surface area contributed by atoms with E-state index >= 15 is 0 Å². The molecule has 1 fully saturated rings. The Bertz CT molecular complexity index is 570. The van der Waals surface area contributed by atoms with Crippen LogP contribution in [0, 0.1) is 5.92 Å². The maximum absolute atomic E-state index is 12.2. The number of nitrogens with one attached hydrogen (secondary N) is 1. The van der Waals surface area contributed by atoms with E-state index < -0.39 is 9.84 Å². The molecule has 0 aliphatic carbocycles. The lowest BCUT2D eigenvalue weighted by Gasteiger charge is -2.10. The quantitative estimate of drug-likeness (QED) is 0.845. The minimum Gasteiger partial charge on any atom is -0.307 e. The van der Waals surface area contributed by atoms with Crippen LogP contribution in [0.5, 0.6) is 0 Å². The van der Waals surface area contributed by atoms with Crippen molar-refractivity contribution in [3.05, 3.63) is 29.8 Å². The zero-order valence-corrected chi connectivity index (χ0v) is 12.7. The number of Topliss-reactive ketones (excluding diaryl/α,β-unsaturated/α-hetero) is 1. The van der Waals surface area contributed by atoms with Crippen molar-refractivity contribution in [2.24, 2.45) is 5.92 Å². The Morgan fingerprint density at radius 1 is 1.30 bits per heavy atom. The maximum atomic E-state index is 12.2. The summed E-state index contributed by atoms with van der Waals surface area (Å²) in [6.45, 7) is 4.62. The van der Waals surface area contributed by atoms with Gasteiger partial charge in [0.2, 0.25) is 0 Å². The van der Waals surface area contributed by atoms with Gasteiger partial charge in [0, 0.05) is 5.56 Å². The first-order valence-electron chi connectivity index (χ1n) is 7.00. The van der Waals surface area contributed by atoms with Gasteiger partial charge in [0.05, 0.1) is 16.7 Å². The first-order chi connectivity index (χ1) is 9.40. The first-order valence-corrected chi connectivity index (χ1v) is 8.66. The van der Waals surface area contributed by atoms with E-state index in [1.165, 1.54) is 0 Å². The number of ketones is 1. The van der Waals surface area contributed by atoms with Crippen LogP contribution in [0.4, 0.5) is 0 Å². The van der Waals surface area contributed by atoms with E-state index in [4.69, 9.17) is 0 Å². The van der Waals surface area contributed by atoms with Crippen LogP contribution in [-0.4, -0.2) is 32.5 Å². The molecule has 0 amide bonds. The summed E-state index contributed by atoms with van der Waals surface area (Å²) in [6, 6.07) is 6.21. The molecule has 0 radical (unpaired) electrons. The molecule has 5 heteroatoms. The molecule has 0 aromatic heterocycles. The van der Waals surface area contributed by atoms with Gasteiger partial charge in [-0.2, -0.15) is 0 Å². The van der Waals surface area contributed by atoms with Crippen LogP contribution in [0.1, 0.15) is 37.0 Å². The van der Waals surface area contributed by atoms with Crippen molar-refractivity contribution in [2.45, 2.75) is 37.6 Å². The normalized spacial score (nSPS) is 19.4. The molecule has 1 atom stereocenters. The monoisotopic (exact) mass is 295 g/mol. The van der Waals surface area contributed by atoms with Crippen molar-refractivity contribution >= 4 is 15.6 Å². The highest BCUT2D eigenvalue weighted by Gasteiger charge is 2.23. The highest BCUT2D eigenvalue weighted by atomic mass is 32.2. The Morgan fingerprint density at radius 3 is 2.45 bits per heavy atom. The smallest absolute Gasteiger partial charge is 0.179 e. The molecule has 0 bridgehead atoms. The van der Waals surface area contributed by atoms with E-state index in [2.05, 4.69) is 5.32 Å². The van der Waals surface area contributed by atoms with Gasteiger partial charge >= 0.3 is 0 Å². The number of rotatable bonds is 5. The third-order valence-corrected chi connectivity index (χ3v) is 5.52. The van der Waals surface area contributed by atoms with Gasteiger partial charge in [-0.1, -0.05) is 26.0 Å². The molecule has 4 nitrogen and oxygen atoms in total. The number of carbonyl (C=O) groups excluding carboxylic acids is 1. The van der Waals surface area contributed by atoms with Gasteiger partial charge in [-0.25, -0.2) is 8.42 Å². The van der Waals surface area contributed by atoms with Crippen molar-refractivity contribution in [1.82, 2.24) is 5.32 Å². The Balaban J connectivity index is 2.15. The van der Waals surface area contributed by atoms with Crippen molar-refractivity contribution in [3.8, 4) is 0 Å². The summed E-state index contributed by atoms with van der Waals surface area (Å²) in [5.41, 5.74) is 0.577. The maximum Gasteiger partial charge on any atom is 0.179 e. The van der Waals surface area contributed by atoms with Crippen LogP contribution in [0.2, 0.25) is 0 Å². The average Bonchev–Trinajstić information content (AvgIpc) is 2.90. The zero-order chi connectivity index (χ0) is 14.8. The van der Waals surface area contributed by atoms with Crippen LogP contribution in [-0.2, 0) is 9.84 Å². The lowest BCUT2D eigenvalue weighted by atomic mass is 10.0. The topological polar surface area (TPSA) is 63.2 Å². The van der Waals surface area contributed by atoms with Gasteiger partial charge in [-0.05, 0) is 37.4 Å². The number of carbonyl (C=O) groups is 1. The summed E-state index contributed by atoms with van der Waals surface area (Å²) in [4.78, 5) is 12.5. The SMILES string of the molecule is CC(C)CS(=O)(=O)c1ccc(C(=O)C2CCCN2)cc1. The highest BCUT2D eigenvalue weighted by Crippen LogP contribution is 2.17. The number of hydrogen-bond acceptors (Lipinski definition) is 4. The molecule has 1 aliphatic heterocycles. The molecule has 110 valence electrons. The summed E-state index contributed by atoms with van der Waals surface area (Å²) < 4.78 is 24.2. The summed E-state index contributed by atoms with van der Waals surface area (Å²) in [5.74, 6) is 0.268. The predicted molar refractivity (Wildman–Crippen MR) is 78.7 cm³/mol. The van der Waals surface area contributed by atoms with Crippen LogP contribution < -0.4 is 5.32 Å². The summed E-state index contributed by atoms with van der Waals surface area (Å²) >= 11 is 0. The Kier molecular flexibility index (Phi) is 4.60. The fourth-order valence-electron chi connectivity index (χ4n) is 2.47. The van der Waals surface area contributed by atoms with Crippen molar-refractivity contribution < 1.29 is 13.2 Å². The minimum atomic E-state index is -3.25.